The number of imidazole rings is 1. The molecule has 0 saturated carbocycles. The number of benzene rings is 1. The quantitative estimate of drug-likeness (QED) is 0.413. The summed E-state index contributed by atoms with van der Waals surface area (Å²) in [6.07, 6.45) is 7.46. The number of H-pyrrole nitrogens is 2. The first-order valence-electron chi connectivity index (χ1n) is 10.4. The molecular weight excluding hydrogens is 393 g/mol. The Morgan fingerprint density at radius 2 is 1.90 bits per heavy atom. The van der Waals surface area contributed by atoms with Crippen LogP contribution in [0.5, 0.6) is 0 Å². The van der Waals surface area contributed by atoms with E-state index in [9.17, 15) is 4.39 Å². The highest BCUT2D eigenvalue weighted by atomic mass is 19.1. The van der Waals surface area contributed by atoms with Crippen molar-refractivity contribution in [3.8, 4) is 22.6 Å². The van der Waals surface area contributed by atoms with E-state index in [4.69, 9.17) is 4.98 Å². The lowest BCUT2D eigenvalue weighted by molar-refractivity contribution is 0.453. The largest absolute Gasteiger partial charge is 0.335 e. The van der Waals surface area contributed by atoms with Crippen molar-refractivity contribution in [3.05, 3.63) is 60.4 Å². The maximum Gasteiger partial charge on any atom is 0.159 e. The minimum Gasteiger partial charge on any atom is -0.335 e. The molecule has 5 heterocycles. The van der Waals surface area contributed by atoms with Crippen LogP contribution in [-0.4, -0.2) is 43.2 Å². The molecule has 0 unspecified atom stereocenters. The van der Waals surface area contributed by atoms with Gasteiger partial charge in [-0.2, -0.15) is 5.10 Å². The first-order valence-corrected chi connectivity index (χ1v) is 10.4. The van der Waals surface area contributed by atoms with Crippen molar-refractivity contribution >= 4 is 21.9 Å². The maximum atomic E-state index is 13.8. The van der Waals surface area contributed by atoms with Crippen LogP contribution in [0.15, 0.2) is 48.9 Å². The van der Waals surface area contributed by atoms with E-state index in [-0.39, 0.29) is 5.82 Å². The standard InChI is InChI=1S/C23H20FN7/c24-15-3-1-2-14(8-15)17-10-26-11-20-21(17)29-23(28-20)22-16-9-18(13-4-6-25-7-5-13)27-12-19(16)30-31-22/h1-3,8-13,25H,4-7H2,(H,28,29)(H,30,31). The van der Waals surface area contributed by atoms with Gasteiger partial charge in [0.25, 0.3) is 0 Å². The van der Waals surface area contributed by atoms with Gasteiger partial charge < -0.3 is 10.3 Å². The lowest BCUT2D eigenvalue weighted by Crippen LogP contribution is -2.27. The molecule has 1 aromatic carbocycles. The van der Waals surface area contributed by atoms with E-state index in [0.717, 1.165) is 70.4 Å². The smallest absolute Gasteiger partial charge is 0.159 e. The van der Waals surface area contributed by atoms with Crippen molar-refractivity contribution in [1.82, 2.24) is 35.5 Å². The summed E-state index contributed by atoms with van der Waals surface area (Å²) in [4.78, 5) is 17.1. The first-order chi connectivity index (χ1) is 15.3. The first kappa shape index (κ1) is 18.1. The van der Waals surface area contributed by atoms with Crippen LogP contribution in [0.1, 0.15) is 24.5 Å². The van der Waals surface area contributed by atoms with Crippen LogP contribution in [0.4, 0.5) is 4.39 Å². The number of piperidine rings is 1. The Balaban J connectivity index is 1.47. The fourth-order valence-electron chi connectivity index (χ4n) is 4.37. The summed E-state index contributed by atoms with van der Waals surface area (Å²) in [5.41, 5.74) is 5.73. The summed E-state index contributed by atoms with van der Waals surface area (Å²) < 4.78 is 13.8. The molecule has 154 valence electrons. The molecule has 3 N–H and O–H groups in total. The fraction of sp³-hybridized carbons (Fsp3) is 0.217. The van der Waals surface area contributed by atoms with Gasteiger partial charge in [-0.1, -0.05) is 12.1 Å². The molecule has 6 rings (SSSR count). The molecule has 8 heteroatoms. The zero-order valence-electron chi connectivity index (χ0n) is 16.7. The molecule has 0 radical (unpaired) electrons. The highest BCUT2D eigenvalue weighted by Crippen LogP contribution is 2.32. The topological polar surface area (TPSA) is 95.2 Å². The molecule has 1 fully saturated rings. The van der Waals surface area contributed by atoms with Crippen LogP contribution in [0.3, 0.4) is 0 Å². The SMILES string of the molecule is Fc1cccc(-c2cncc3[nH]c(-c4n[nH]c5cnc(C6CCNCC6)cc45)nc23)c1. The van der Waals surface area contributed by atoms with E-state index in [1.807, 2.05) is 12.3 Å². The average Bonchev–Trinajstić information content (AvgIpc) is 3.43. The van der Waals surface area contributed by atoms with Gasteiger partial charge in [0.1, 0.15) is 11.5 Å². The highest BCUT2D eigenvalue weighted by molar-refractivity contribution is 5.96. The Kier molecular flexibility index (Phi) is 4.24. The molecule has 0 bridgehead atoms. The molecule has 4 aromatic heterocycles. The van der Waals surface area contributed by atoms with Crippen LogP contribution < -0.4 is 5.32 Å². The fourth-order valence-corrected chi connectivity index (χ4v) is 4.37. The second-order valence-corrected chi connectivity index (χ2v) is 7.93. The van der Waals surface area contributed by atoms with E-state index in [2.05, 4.69) is 36.5 Å². The number of nitrogens with zero attached hydrogens (tertiary/aromatic N) is 4. The van der Waals surface area contributed by atoms with Gasteiger partial charge in [-0.05, 0) is 49.7 Å². The second-order valence-electron chi connectivity index (χ2n) is 7.93. The Labute approximate surface area is 177 Å². The van der Waals surface area contributed by atoms with E-state index in [0.29, 0.717) is 11.7 Å². The zero-order valence-corrected chi connectivity index (χ0v) is 16.7. The minimum absolute atomic E-state index is 0.290. The number of hydrogen-bond donors (Lipinski definition) is 3. The van der Waals surface area contributed by atoms with Gasteiger partial charge in [0.05, 0.1) is 28.9 Å². The molecule has 7 nitrogen and oxygen atoms in total. The normalized spacial score (nSPS) is 15.1. The van der Waals surface area contributed by atoms with Gasteiger partial charge in [-0.3, -0.25) is 15.1 Å². The molecule has 1 aliphatic heterocycles. The van der Waals surface area contributed by atoms with Gasteiger partial charge in [-0.25, -0.2) is 9.37 Å². The number of halogens is 1. The highest BCUT2D eigenvalue weighted by Gasteiger charge is 2.20. The van der Waals surface area contributed by atoms with E-state index in [1.165, 1.54) is 12.1 Å². The maximum absolute atomic E-state index is 13.8. The summed E-state index contributed by atoms with van der Waals surface area (Å²) in [5, 5.41) is 12.0. The molecule has 5 aromatic rings. The van der Waals surface area contributed by atoms with Gasteiger partial charge >= 0.3 is 0 Å². The number of pyridine rings is 2. The summed E-state index contributed by atoms with van der Waals surface area (Å²) in [6, 6.07) is 8.59. The molecule has 31 heavy (non-hydrogen) atoms. The average molecular weight is 413 g/mol. The second kappa shape index (κ2) is 7.24. The van der Waals surface area contributed by atoms with Gasteiger partial charge in [-0.15, -0.1) is 0 Å². The minimum atomic E-state index is -0.290. The van der Waals surface area contributed by atoms with Crippen molar-refractivity contribution in [2.45, 2.75) is 18.8 Å². The summed E-state index contributed by atoms with van der Waals surface area (Å²) in [5.74, 6) is 0.809. The number of aromatic amines is 2. The summed E-state index contributed by atoms with van der Waals surface area (Å²) in [6.45, 7) is 2.03. The number of rotatable bonds is 3. The third-order valence-electron chi connectivity index (χ3n) is 5.98. The predicted octanol–water partition coefficient (Wildman–Crippen LogP) is 4.17. The Bertz CT molecular complexity index is 1400. The van der Waals surface area contributed by atoms with Gasteiger partial charge in [0, 0.05) is 28.8 Å². The van der Waals surface area contributed by atoms with Crippen molar-refractivity contribution in [3.63, 3.8) is 0 Å². The van der Waals surface area contributed by atoms with E-state index in [1.54, 1.807) is 18.5 Å². The molecule has 0 aliphatic carbocycles. The Hall–Kier alpha value is -3.65. The molecular formula is C23H20FN7. The lowest BCUT2D eigenvalue weighted by Gasteiger charge is -2.21. The van der Waals surface area contributed by atoms with Crippen LogP contribution >= 0.6 is 0 Å². The van der Waals surface area contributed by atoms with Crippen LogP contribution in [0, 0.1) is 5.82 Å². The number of fused-ring (bicyclic) bond motifs is 2. The summed E-state index contributed by atoms with van der Waals surface area (Å²) in [7, 11) is 0. The number of aromatic nitrogens is 6. The third kappa shape index (κ3) is 3.16. The van der Waals surface area contributed by atoms with Gasteiger partial charge in [0.2, 0.25) is 0 Å². The summed E-state index contributed by atoms with van der Waals surface area (Å²) >= 11 is 0. The molecule has 0 amide bonds. The van der Waals surface area contributed by atoms with E-state index >= 15 is 0 Å². The van der Waals surface area contributed by atoms with Crippen molar-refractivity contribution < 1.29 is 4.39 Å². The van der Waals surface area contributed by atoms with Crippen LogP contribution in [0.2, 0.25) is 0 Å². The van der Waals surface area contributed by atoms with Gasteiger partial charge in [0.15, 0.2) is 5.82 Å². The monoisotopic (exact) mass is 413 g/mol. The lowest BCUT2D eigenvalue weighted by atomic mass is 9.93. The van der Waals surface area contributed by atoms with Crippen LogP contribution in [0.25, 0.3) is 44.6 Å². The molecule has 1 aliphatic rings. The van der Waals surface area contributed by atoms with Crippen molar-refractivity contribution in [2.24, 2.45) is 0 Å². The third-order valence-corrected chi connectivity index (χ3v) is 5.98. The molecule has 0 atom stereocenters. The Morgan fingerprint density at radius 3 is 2.77 bits per heavy atom. The number of hydrogen-bond acceptors (Lipinski definition) is 5. The van der Waals surface area contributed by atoms with Crippen molar-refractivity contribution in [2.75, 3.05) is 13.1 Å². The number of nitrogens with one attached hydrogen (secondary N) is 3. The predicted molar refractivity (Wildman–Crippen MR) is 117 cm³/mol. The Morgan fingerprint density at radius 1 is 1.00 bits per heavy atom. The van der Waals surface area contributed by atoms with E-state index < -0.39 is 0 Å². The van der Waals surface area contributed by atoms with Crippen LogP contribution in [-0.2, 0) is 0 Å². The van der Waals surface area contributed by atoms with Crippen molar-refractivity contribution in [1.29, 1.82) is 0 Å². The molecule has 0 spiro atoms. The zero-order chi connectivity index (χ0) is 20.8. The molecule has 1 saturated heterocycles.